The summed E-state index contributed by atoms with van der Waals surface area (Å²) in [7, 11) is -3.83. The highest BCUT2D eigenvalue weighted by molar-refractivity contribution is 7.89. The zero-order chi connectivity index (χ0) is 19.0. The number of fused-ring (bicyclic) bond motifs is 1. The van der Waals surface area contributed by atoms with Crippen molar-refractivity contribution in [1.29, 1.82) is 0 Å². The molecule has 0 unspecified atom stereocenters. The van der Waals surface area contributed by atoms with E-state index in [9.17, 15) is 13.5 Å². The van der Waals surface area contributed by atoms with E-state index in [1.165, 1.54) is 0 Å². The van der Waals surface area contributed by atoms with Gasteiger partial charge in [0.1, 0.15) is 5.75 Å². The number of pyridine rings is 1. The SMILES string of the molecule is NS(=O)(=O)c1ccc(N2CCC=C(c3cccc(O)c3)C2)c2ncccc12. The fraction of sp³-hybridized carbons (Fsp3) is 0.150. The second-order valence-electron chi connectivity index (χ2n) is 6.52. The number of phenols is 1. The van der Waals surface area contributed by atoms with E-state index in [4.69, 9.17) is 5.14 Å². The maximum absolute atomic E-state index is 11.9. The average Bonchev–Trinajstić information content (AvgIpc) is 2.66. The van der Waals surface area contributed by atoms with Crippen molar-refractivity contribution < 1.29 is 13.5 Å². The molecular weight excluding hydrogens is 362 g/mol. The Kier molecular flexibility index (Phi) is 4.33. The molecule has 0 saturated heterocycles. The molecular formula is C20H19N3O3S. The topological polar surface area (TPSA) is 96.5 Å². The van der Waals surface area contributed by atoms with Gasteiger partial charge in [-0.25, -0.2) is 13.6 Å². The molecule has 0 spiro atoms. The van der Waals surface area contributed by atoms with Gasteiger partial charge in [0.05, 0.1) is 16.1 Å². The standard InChI is InChI=1S/C20H19N3O3S/c21-27(25,26)19-9-8-18(20-17(19)7-2-10-22-20)23-11-3-5-15(13-23)14-4-1-6-16(24)12-14/h1-2,4-10,12,24H,3,11,13H2,(H2,21,25,26). The maximum atomic E-state index is 11.9. The van der Waals surface area contributed by atoms with E-state index in [-0.39, 0.29) is 10.6 Å². The van der Waals surface area contributed by atoms with Gasteiger partial charge in [-0.2, -0.15) is 0 Å². The van der Waals surface area contributed by atoms with Crippen LogP contribution in [0.25, 0.3) is 16.5 Å². The summed E-state index contributed by atoms with van der Waals surface area (Å²) in [6, 6.07) is 13.9. The van der Waals surface area contributed by atoms with Gasteiger partial charge in [0.15, 0.2) is 0 Å². The van der Waals surface area contributed by atoms with Crippen LogP contribution in [0.5, 0.6) is 5.75 Å². The summed E-state index contributed by atoms with van der Waals surface area (Å²) < 4.78 is 23.8. The first kappa shape index (κ1) is 17.5. The number of nitrogens with zero attached hydrogens (tertiary/aromatic N) is 2. The van der Waals surface area contributed by atoms with Crippen molar-refractivity contribution in [2.24, 2.45) is 5.14 Å². The van der Waals surface area contributed by atoms with Gasteiger partial charge in [-0.3, -0.25) is 4.98 Å². The molecule has 0 amide bonds. The van der Waals surface area contributed by atoms with E-state index in [2.05, 4.69) is 16.0 Å². The molecule has 2 heterocycles. The molecule has 27 heavy (non-hydrogen) atoms. The van der Waals surface area contributed by atoms with Crippen LogP contribution in [-0.2, 0) is 10.0 Å². The van der Waals surface area contributed by atoms with E-state index >= 15 is 0 Å². The van der Waals surface area contributed by atoms with Crippen LogP contribution < -0.4 is 10.0 Å². The molecule has 138 valence electrons. The molecule has 1 aliphatic heterocycles. The smallest absolute Gasteiger partial charge is 0.238 e. The lowest BCUT2D eigenvalue weighted by atomic mass is 10.00. The summed E-state index contributed by atoms with van der Waals surface area (Å²) >= 11 is 0. The Balaban J connectivity index is 1.76. The first-order valence-corrected chi connectivity index (χ1v) is 10.1. The molecule has 3 aromatic rings. The molecule has 0 aliphatic carbocycles. The van der Waals surface area contributed by atoms with Gasteiger partial charge in [-0.05, 0) is 54.0 Å². The summed E-state index contributed by atoms with van der Waals surface area (Å²) in [5, 5.41) is 15.6. The van der Waals surface area contributed by atoms with E-state index in [1.54, 1.807) is 42.6 Å². The zero-order valence-electron chi connectivity index (χ0n) is 14.5. The Bertz CT molecular complexity index is 1160. The van der Waals surface area contributed by atoms with Crippen molar-refractivity contribution in [1.82, 2.24) is 4.98 Å². The molecule has 2 aromatic carbocycles. The minimum atomic E-state index is -3.83. The monoisotopic (exact) mass is 381 g/mol. The second kappa shape index (κ2) is 6.68. The van der Waals surface area contributed by atoms with Crippen LogP contribution in [0.2, 0.25) is 0 Å². The number of hydrogen-bond donors (Lipinski definition) is 2. The third-order valence-corrected chi connectivity index (χ3v) is 5.69. The summed E-state index contributed by atoms with van der Waals surface area (Å²) in [5.41, 5.74) is 3.56. The number of sulfonamides is 1. The molecule has 0 radical (unpaired) electrons. The van der Waals surface area contributed by atoms with Crippen molar-refractivity contribution in [2.75, 3.05) is 18.0 Å². The van der Waals surface area contributed by atoms with Crippen LogP contribution in [0.15, 0.2) is 65.7 Å². The van der Waals surface area contributed by atoms with Crippen LogP contribution in [-0.4, -0.2) is 31.6 Å². The molecule has 0 saturated carbocycles. The highest BCUT2D eigenvalue weighted by Crippen LogP contribution is 2.33. The van der Waals surface area contributed by atoms with Gasteiger partial charge in [0, 0.05) is 24.7 Å². The number of rotatable bonds is 3. The number of hydrogen-bond acceptors (Lipinski definition) is 5. The van der Waals surface area contributed by atoms with Crippen LogP contribution in [0.4, 0.5) is 5.69 Å². The third-order valence-electron chi connectivity index (χ3n) is 4.72. The number of benzene rings is 2. The number of primary sulfonamides is 1. The predicted octanol–water partition coefficient (Wildman–Crippen LogP) is 2.88. The molecule has 4 rings (SSSR count). The number of phenolic OH excluding ortho intramolecular Hbond substituents is 1. The largest absolute Gasteiger partial charge is 0.508 e. The van der Waals surface area contributed by atoms with Gasteiger partial charge in [0.2, 0.25) is 10.0 Å². The average molecular weight is 381 g/mol. The van der Waals surface area contributed by atoms with Crippen LogP contribution in [0.1, 0.15) is 12.0 Å². The van der Waals surface area contributed by atoms with E-state index < -0.39 is 10.0 Å². The second-order valence-corrected chi connectivity index (χ2v) is 8.05. The normalized spacial score (nSPS) is 15.0. The van der Waals surface area contributed by atoms with Crippen LogP contribution in [0, 0.1) is 0 Å². The first-order valence-electron chi connectivity index (χ1n) is 8.57. The Morgan fingerprint density at radius 1 is 1.11 bits per heavy atom. The zero-order valence-corrected chi connectivity index (χ0v) is 15.4. The molecule has 7 heteroatoms. The Morgan fingerprint density at radius 3 is 2.74 bits per heavy atom. The summed E-state index contributed by atoms with van der Waals surface area (Å²) in [6.45, 7) is 1.44. The summed E-state index contributed by atoms with van der Waals surface area (Å²) in [6.07, 6.45) is 4.66. The fourth-order valence-corrected chi connectivity index (χ4v) is 4.23. The lowest BCUT2D eigenvalue weighted by molar-refractivity contribution is 0.475. The fourth-order valence-electron chi connectivity index (χ4n) is 3.50. The minimum Gasteiger partial charge on any atom is -0.508 e. The molecule has 1 aliphatic rings. The number of nitrogens with two attached hydrogens (primary N) is 1. The van der Waals surface area contributed by atoms with E-state index in [0.717, 1.165) is 29.8 Å². The van der Waals surface area contributed by atoms with Crippen molar-refractivity contribution >= 4 is 32.2 Å². The molecule has 0 bridgehead atoms. The van der Waals surface area contributed by atoms with E-state index in [0.29, 0.717) is 17.4 Å². The maximum Gasteiger partial charge on any atom is 0.238 e. The van der Waals surface area contributed by atoms with Crippen molar-refractivity contribution in [3.8, 4) is 5.75 Å². The van der Waals surface area contributed by atoms with E-state index in [1.807, 2.05) is 12.1 Å². The van der Waals surface area contributed by atoms with Crippen LogP contribution in [0.3, 0.4) is 0 Å². The lowest BCUT2D eigenvalue weighted by Crippen LogP contribution is -2.29. The number of aromatic nitrogens is 1. The molecule has 1 aromatic heterocycles. The molecule has 6 nitrogen and oxygen atoms in total. The quantitative estimate of drug-likeness (QED) is 0.727. The molecule has 0 atom stereocenters. The first-order chi connectivity index (χ1) is 12.9. The number of anilines is 1. The van der Waals surface area contributed by atoms with Crippen LogP contribution >= 0.6 is 0 Å². The Hall–Kier alpha value is -2.90. The van der Waals surface area contributed by atoms with Gasteiger partial charge >= 0.3 is 0 Å². The Morgan fingerprint density at radius 2 is 1.96 bits per heavy atom. The van der Waals surface area contributed by atoms with Crippen molar-refractivity contribution in [2.45, 2.75) is 11.3 Å². The third kappa shape index (κ3) is 3.39. The molecule has 3 N–H and O–H groups in total. The van der Waals surface area contributed by atoms with Gasteiger partial charge in [-0.15, -0.1) is 0 Å². The minimum absolute atomic E-state index is 0.0788. The number of aromatic hydroxyl groups is 1. The van der Waals surface area contributed by atoms with Crippen molar-refractivity contribution in [3.63, 3.8) is 0 Å². The highest BCUT2D eigenvalue weighted by Gasteiger charge is 2.21. The lowest BCUT2D eigenvalue weighted by Gasteiger charge is -2.30. The summed E-state index contributed by atoms with van der Waals surface area (Å²) in [4.78, 5) is 6.67. The van der Waals surface area contributed by atoms with Gasteiger partial charge in [0.25, 0.3) is 0 Å². The molecule has 0 fully saturated rings. The predicted molar refractivity (Wildman–Crippen MR) is 106 cm³/mol. The Labute approximate surface area is 157 Å². The highest BCUT2D eigenvalue weighted by atomic mass is 32.2. The van der Waals surface area contributed by atoms with Gasteiger partial charge < -0.3 is 10.0 Å². The summed E-state index contributed by atoms with van der Waals surface area (Å²) in [5.74, 6) is 0.232. The van der Waals surface area contributed by atoms with Crippen molar-refractivity contribution in [3.05, 3.63) is 66.4 Å². The van der Waals surface area contributed by atoms with Gasteiger partial charge in [-0.1, -0.05) is 18.2 Å².